The zero-order valence-corrected chi connectivity index (χ0v) is 20.9. The largest absolute Gasteiger partial charge is 0.373 e. The number of aryl methyl sites for hydroxylation is 1. The van der Waals surface area contributed by atoms with Gasteiger partial charge in [-0.2, -0.15) is 5.10 Å². The number of piperidine rings is 1. The van der Waals surface area contributed by atoms with E-state index < -0.39 is 0 Å². The average molecular weight is 538 g/mol. The molecule has 3 atom stereocenters. The molecule has 2 aliphatic heterocycles. The summed E-state index contributed by atoms with van der Waals surface area (Å²) in [5.74, 6) is 1.33. The van der Waals surface area contributed by atoms with Gasteiger partial charge in [0.05, 0.1) is 18.0 Å². The quantitative estimate of drug-likeness (QED) is 0.336. The molecule has 31 heavy (non-hydrogen) atoms. The number of anilines is 1. The molecule has 0 amide bonds. The predicted molar refractivity (Wildman–Crippen MR) is 136 cm³/mol. The van der Waals surface area contributed by atoms with E-state index in [9.17, 15) is 0 Å². The number of guanidine groups is 1. The third-order valence-corrected chi connectivity index (χ3v) is 5.99. The Morgan fingerprint density at radius 3 is 2.84 bits per heavy atom. The molecule has 2 saturated heterocycles. The van der Waals surface area contributed by atoms with E-state index >= 15 is 0 Å². The maximum atomic E-state index is 6.03. The zero-order chi connectivity index (χ0) is 20.8. The molecule has 1 aromatic heterocycles. The number of halogens is 1. The van der Waals surface area contributed by atoms with Crippen LogP contribution in [0.25, 0.3) is 0 Å². The molecule has 0 saturated carbocycles. The van der Waals surface area contributed by atoms with Crippen LogP contribution in [0, 0.1) is 5.92 Å². The van der Waals surface area contributed by atoms with E-state index in [1.165, 1.54) is 17.7 Å². The van der Waals surface area contributed by atoms with Gasteiger partial charge in [-0.05, 0) is 31.7 Å². The highest BCUT2D eigenvalue weighted by atomic mass is 127. The van der Waals surface area contributed by atoms with Crippen LogP contribution in [0.15, 0.2) is 47.7 Å². The van der Waals surface area contributed by atoms with Crippen LogP contribution in [-0.4, -0.2) is 54.6 Å². The lowest BCUT2D eigenvalue weighted by Crippen LogP contribution is -2.51. The van der Waals surface area contributed by atoms with E-state index in [4.69, 9.17) is 9.73 Å². The number of rotatable bonds is 6. The summed E-state index contributed by atoms with van der Waals surface area (Å²) in [5.41, 5.74) is 2.45. The van der Waals surface area contributed by atoms with Crippen LogP contribution in [-0.2, 0) is 11.8 Å². The molecule has 2 aromatic rings. The summed E-state index contributed by atoms with van der Waals surface area (Å²) < 4.78 is 7.90. The first-order chi connectivity index (χ1) is 14.7. The van der Waals surface area contributed by atoms with Gasteiger partial charge in [0.15, 0.2) is 5.96 Å². The summed E-state index contributed by atoms with van der Waals surface area (Å²) in [4.78, 5) is 7.36. The van der Waals surface area contributed by atoms with Gasteiger partial charge in [-0.1, -0.05) is 30.3 Å². The van der Waals surface area contributed by atoms with Crippen molar-refractivity contribution < 1.29 is 4.74 Å². The Labute approximate surface area is 202 Å². The van der Waals surface area contributed by atoms with E-state index in [2.05, 4.69) is 64.1 Å². The summed E-state index contributed by atoms with van der Waals surface area (Å²) >= 11 is 0. The Morgan fingerprint density at radius 1 is 1.26 bits per heavy atom. The number of hydrogen-bond donors (Lipinski definition) is 2. The lowest BCUT2D eigenvalue weighted by atomic mass is 9.95. The molecule has 4 rings (SSSR count). The molecular weight excluding hydrogens is 503 g/mol. The SMILES string of the molecule is CCNC(=NCC1CCOC1c1ccccc1)NC1CCCN(c2cnn(C)c2)C1.I. The van der Waals surface area contributed by atoms with E-state index in [1.54, 1.807) is 0 Å². The molecule has 2 fully saturated rings. The van der Waals surface area contributed by atoms with Crippen LogP contribution in [0.1, 0.15) is 37.9 Å². The highest BCUT2D eigenvalue weighted by Crippen LogP contribution is 2.34. The maximum Gasteiger partial charge on any atom is 0.191 e. The molecule has 0 aliphatic carbocycles. The highest BCUT2D eigenvalue weighted by Gasteiger charge is 2.29. The number of nitrogens with zero attached hydrogens (tertiary/aromatic N) is 4. The molecule has 2 N–H and O–H groups in total. The van der Waals surface area contributed by atoms with Gasteiger partial charge in [0, 0.05) is 58.0 Å². The summed E-state index contributed by atoms with van der Waals surface area (Å²) in [6.07, 6.45) is 7.56. The van der Waals surface area contributed by atoms with Crippen LogP contribution in [0.3, 0.4) is 0 Å². The average Bonchev–Trinajstić information content (AvgIpc) is 3.42. The molecule has 8 heteroatoms. The minimum atomic E-state index is 0. The number of nitrogens with one attached hydrogen (secondary N) is 2. The molecule has 0 radical (unpaired) electrons. The van der Waals surface area contributed by atoms with Crippen LogP contribution < -0.4 is 15.5 Å². The van der Waals surface area contributed by atoms with Gasteiger partial charge < -0.3 is 20.3 Å². The summed E-state index contributed by atoms with van der Waals surface area (Å²) in [6.45, 7) is 6.60. The van der Waals surface area contributed by atoms with Crippen LogP contribution in [0.4, 0.5) is 5.69 Å². The number of hydrogen-bond acceptors (Lipinski definition) is 4. The molecule has 3 heterocycles. The third-order valence-electron chi connectivity index (χ3n) is 5.99. The minimum absolute atomic E-state index is 0. The fraction of sp³-hybridized carbons (Fsp3) is 0.565. The van der Waals surface area contributed by atoms with Crippen molar-refractivity contribution in [1.82, 2.24) is 20.4 Å². The van der Waals surface area contributed by atoms with Crippen molar-refractivity contribution in [2.24, 2.45) is 18.0 Å². The first-order valence-electron chi connectivity index (χ1n) is 11.2. The number of ether oxygens (including phenoxy) is 1. The van der Waals surface area contributed by atoms with Crippen molar-refractivity contribution in [3.8, 4) is 0 Å². The molecule has 3 unspecified atom stereocenters. The van der Waals surface area contributed by atoms with Crippen LogP contribution in [0.5, 0.6) is 0 Å². The lowest BCUT2D eigenvalue weighted by molar-refractivity contribution is 0.0925. The summed E-state index contributed by atoms with van der Waals surface area (Å²) in [6, 6.07) is 10.9. The van der Waals surface area contributed by atoms with Crippen molar-refractivity contribution in [2.45, 2.75) is 38.3 Å². The highest BCUT2D eigenvalue weighted by molar-refractivity contribution is 14.0. The molecule has 170 valence electrons. The van der Waals surface area contributed by atoms with Gasteiger partial charge in [0.25, 0.3) is 0 Å². The van der Waals surface area contributed by atoms with E-state index in [0.717, 1.165) is 51.6 Å². The van der Waals surface area contributed by atoms with E-state index in [0.29, 0.717) is 12.0 Å². The summed E-state index contributed by atoms with van der Waals surface area (Å²) in [5, 5.41) is 11.4. The van der Waals surface area contributed by atoms with Crippen molar-refractivity contribution >= 4 is 35.6 Å². The third kappa shape index (κ3) is 6.35. The number of aliphatic imine (C=N–C) groups is 1. The van der Waals surface area contributed by atoms with E-state index in [-0.39, 0.29) is 30.1 Å². The molecule has 7 nitrogen and oxygen atoms in total. The molecule has 0 spiro atoms. The Morgan fingerprint density at radius 2 is 2.10 bits per heavy atom. The topological polar surface area (TPSA) is 66.7 Å². The van der Waals surface area contributed by atoms with Crippen LogP contribution in [0.2, 0.25) is 0 Å². The maximum absolute atomic E-state index is 6.03. The standard InChI is InChI=1S/C23H34N6O.HI/c1-3-24-23(25-14-19-11-13-30-22(19)18-8-5-4-6-9-18)27-20-10-7-12-29(16-20)21-15-26-28(2)17-21;/h4-6,8-9,15,17,19-20,22H,3,7,10-14,16H2,1-2H3,(H2,24,25,27);1H. The Bertz CT molecular complexity index is 826. The smallest absolute Gasteiger partial charge is 0.191 e. The summed E-state index contributed by atoms with van der Waals surface area (Å²) in [7, 11) is 1.97. The first kappa shape index (κ1) is 23.8. The monoisotopic (exact) mass is 538 g/mol. The second-order valence-electron chi connectivity index (χ2n) is 8.27. The van der Waals surface area contributed by atoms with Crippen molar-refractivity contribution in [2.75, 3.05) is 37.7 Å². The van der Waals surface area contributed by atoms with Gasteiger partial charge in [-0.15, -0.1) is 24.0 Å². The zero-order valence-electron chi connectivity index (χ0n) is 18.5. The normalized spacial score (nSPS) is 24.0. The van der Waals surface area contributed by atoms with Gasteiger partial charge in [-0.25, -0.2) is 0 Å². The second kappa shape index (κ2) is 11.7. The molecule has 0 bridgehead atoms. The van der Waals surface area contributed by atoms with Gasteiger partial charge in [0.2, 0.25) is 0 Å². The van der Waals surface area contributed by atoms with E-state index in [1.807, 2.05) is 17.9 Å². The predicted octanol–water partition coefficient (Wildman–Crippen LogP) is 3.34. The van der Waals surface area contributed by atoms with Crippen LogP contribution >= 0.6 is 24.0 Å². The van der Waals surface area contributed by atoms with Gasteiger partial charge in [-0.3, -0.25) is 9.67 Å². The number of aromatic nitrogens is 2. The Hall–Kier alpha value is -1.81. The lowest BCUT2D eigenvalue weighted by Gasteiger charge is -2.34. The van der Waals surface area contributed by atoms with Gasteiger partial charge >= 0.3 is 0 Å². The first-order valence-corrected chi connectivity index (χ1v) is 11.2. The van der Waals surface area contributed by atoms with Crippen molar-refractivity contribution in [3.05, 3.63) is 48.3 Å². The van der Waals surface area contributed by atoms with Crippen molar-refractivity contribution in [1.29, 1.82) is 0 Å². The minimum Gasteiger partial charge on any atom is -0.373 e. The van der Waals surface area contributed by atoms with Crippen molar-refractivity contribution in [3.63, 3.8) is 0 Å². The molecule has 2 aliphatic rings. The number of benzene rings is 1. The molecular formula is C23H35IN6O. The Kier molecular flexibility index (Phi) is 9.01. The fourth-order valence-corrected chi connectivity index (χ4v) is 4.45. The van der Waals surface area contributed by atoms with Gasteiger partial charge in [0.1, 0.15) is 0 Å². The Balaban J connectivity index is 0.00000272. The fourth-order valence-electron chi connectivity index (χ4n) is 4.45. The molecule has 1 aromatic carbocycles. The second-order valence-corrected chi connectivity index (χ2v) is 8.27.